The van der Waals surface area contributed by atoms with Crippen LogP contribution in [0.3, 0.4) is 0 Å². The largest absolute Gasteiger partial charge is 0.347 e. The number of nitro groups is 1. The van der Waals surface area contributed by atoms with Crippen LogP contribution in [0.2, 0.25) is 0 Å². The molecule has 1 atom stereocenters. The number of carbonyl (C=O) groups excluding carboxylic acids is 2. The highest BCUT2D eigenvalue weighted by Crippen LogP contribution is 2.42. The van der Waals surface area contributed by atoms with Crippen molar-refractivity contribution in [1.29, 1.82) is 5.26 Å². The number of aryl methyl sites for hydroxylation is 1. The van der Waals surface area contributed by atoms with E-state index in [9.17, 15) is 25.0 Å². The first kappa shape index (κ1) is 24.7. The van der Waals surface area contributed by atoms with Crippen molar-refractivity contribution in [1.82, 2.24) is 5.32 Å². The fourth-order valence-corrected chi connectivity index (χ4v) is 5.10. The van der Waals surface area contributed by atoms with Crippen molar-refractivity contribution in [2.75, 3.05) is 4.90 Å². The second-order valence-electron chi connectivity index (χ2n) is 8.21. The molecule has 0 spiro atoms. The summed E-state index contributed by atoms with van der Waals surface area (Å²) < 4.78 is 0. The van der Waals surface area contributed by atoms with Gasteiger partial charge in [0.15, 0.2) is 0 Å². The van der Waals surface area contributed by atoms with Gasteiger partial charge in [-0.25, -0.2) is 0 Å². The molecular weight excluding hydrogens is 476 g/mol. The second-order valence-corrected chi connectivity index (χ2v) is 9.40. The van der Waals surface area contributed by atoms with Gasteiger partial charge in [0.05, 0.1) is 10.2 Å². The van der Waals surface area contributed by atoms with Crippen LogP contribution < -0.4 is 10.2 Å². The minimum atomic E-state index is -0.659. The molecule has 0 aliphatic carbocycles. The molecule has 0 saturated carbocycles. The third-order valence-corrected chi connectivity index (χ3v) is 6.90. The molecule has 4 rings (SSSR count). The smallest absolute Gasteiger partial charge is 0.269 e. The first-order chi connectivity index (χ1) is 17.4. The fraction of sp³-hybridized carbons (Fsp3) is 0.148. The lowest BCUT2D eigenvalue weighted by atomic mass is 10.1. The van der Waals surface area contributed by atoms with Gasteiger partial charge in [0.1, 0.15) is 16.7 Å². The van der Waals surface area contributed by atoms with E-state index in [0.29, 0.717) is 11.3 Å². The monoisotopic (exact) mass is 498 g/mol. The van der Waals surface area contributed by atoms with Crippen LogP contribution in [0.5, 0.6) is 0 Å². The quantitative estimate of drug-likeness (QED) is 0.219. The predicted octanol–water partition coefficient (Wildman–Crippen LogP) is 4.65. The van der Waals surface area contributed by atoms with Crippen molar-refractivity contribution in [2.24, 2.45) is 0 Å². The van der Waals surface area contributed by atoms with E-state index in [1.807, 2.05) is 55.5 Å². The van der Waals surface area contributed by atoms with Gasteiger partial charge in [-0.15, -0.1) is 0 Å². The molecule has 1 saturated heterocycles. The Morgan fingerprint density at radius 2 is 1.78 bits per heavy atom. The highest BCUT2D eigenvalue weighted by Gasteiger charge is 2.40. The summed E-state index contributed by atoms with van der Waals surface area (Å²) in [6, 6.07) is 24.6. The lowest BCUT2D eigenvalue weighted by molar-refractivity contribution is -0.384. The molecule has 1 aliphatic rings. The van der Waals surface area contributed by atoms with Crippen LogP contribution >= 0.6 is 11.8 Å². The van der Waals surface area contributed by atoms with Crippen LogP contribution in [-0.2, 0) is 22.6 Å². The number of non-ortho nitro benzene ring substituents is 1. The number of nitro benzene ring substituents is 1. The summed E-state index contributed by atoms with van der Waals surface area (Å²) in [6.07, 6.45) is 0.210. The topological polar surface area (TPSA) is 116 Å². The van der Waals surface area contributed by atoms with Crippen LogP contribution in [0, 0.1) is 28.4 Å². The Bertz CT molecular complexity index is 1380. The van der Waals surface area contributed by atoms with Crippen LogP contribution in [-0.4, -0.2) is 22.0 Å². The molecule has 0 unspecified atom stereocenters. The molecule has 9 heteroatoms. The molecule has 1 heterocycles. The second kappa shape index (κ2) is 10.9. The highest BCUT2D eigenvalue weighted by atomic mass is 32.2. The zero-order valence-corrected chi connectivity index (χ0v) is 20.2. The predicted molar refractivity (Wildman–Crippen MR) is 138 cm³/mol. The Morgan fingerprint density at radius 3 is 2.44 bits per heavy atom. The van der Waals surface area contributed by atoms with Gasteiger partial charge in [-0.2, -0.15) is 5.26 Å². The first-order valence-corrected chi connectivity index (χ1v) is 12.0. The van der Waals surface area contributed by atoms with Gasteiger partial charge in [0.25, 0.3) is 11.6 Å². The summed E-state index contributed by atoms with van der Waals surface area (Å²) >= 11 is 1.12. The highest BCUT2D eigenvalue weighted by molar-refractivity contribution is 8.05. The third-order valence-electron chi connectivity index (χ3n) is 5.64. The van der Waals surface area contributed by atoms with Crippen LogP contribution in [0.15, 0.2) is 89.5 Å². The number of carbonyl (C=O) groups is 2. The van der Waals surface area contributed by atoms with Crippen LogP contribution in [0.1, 0.15) is 16.7 Å². The summed E-state index contributed by atoms with van der Waals surface area (Å²) in [5.41, 5.74) is 2.81. The third kappa shape index (κ3) is 5.45. The molecule has 0 radical (unpaired) electrons. The van der Waals surface area contributed by atoms with Crippen LogP contribution in [0.4, 0.5) is 11.4 Å². The number of benzene rings is 3. The molecule has 1 aliphatic heterocycles. The Morgan fingerprint density at radius 1 is 1.08 bits per heavy atom. The van der Waals surface area contributed by atoms with Gasteiger partial charge in [-0.1, -0.05) is 71.9 Å². The van der Waals surface area contributed by atoms with Gasteiger partial charge >= 0.3 is 0 Å². The molecule has 2 amide bonds. The van der Waals surface area contributed by atoms with Gasteiger partial charge < -0.3 is 5.32 Å². The minimum absolute atomic E-state index is 0.0629. The number of hydrogen-bond donors (Lipinski definition) is 1. The lowest BCUT2D eigenvalue weighted by Crippen LogP contribution is -2.32. The van der Waals surface area contributed by atoms with E-state index < -0.39 is 16.1 Å². The number of thioether (sulfide) groups is 1. The SMILES string of the molecule is Cc1ccc(N2C(=O)[C@H](Cc3cccc([N+](=O)[O-])c3)S/C2=C(/C#N)C(=O)NCc2ccccc2)cc1. The Balaban J connectivity index is 1.67. The number of rotatable bonds is 7. The number of nitriles is 1. The van der Waals surface area contributed by atoms with E-state index in [0.717, 1.165) is 22.9 Å². The Labute approximate surface area is 212 Å². The molecule has 3 aromatic rings. The van der Waals surface area contributed by atoms with Gasteiger partial charge in [0, 0.05) is 24.4 Å². The maximum atomic E-state index is 13.5. The fourth-order valence-electron chi connectivity index (χ4n) is 3.79. The number of nitrogens with zero attached hydrogens (tertiary/aromatic N) is 3. The van der Waals surface area contributed by atoms with Crippen molar-refractivity contribution in [2.45, 2.75) is 25.1 Å². The molecule has 0 bridgehead atoms. The molecule has 1 N–H and O–H groups in total. The van der Waals surface area contributed by atoms with E-state index in [-0.39, 0.29) is 35.2 Å². The van der Waals surface area contributed by atoms with E-state index in [1.165, 1.54) is 17.0 Å². The van der Waals surface area contributed by atoms with Crippen molar-refractivity contribution in [3.8, 4) is 6.07 Å². The molecule has 3 aromatic carbocycles. The van der Waals surface area contributed by atoms with Gasteiger partial charge in [-0.3, -0.25) is 24.6 Å². The van der Waals surface area contributed by atoms with Gasteiger partial charge in [0.2, 0.25) is 5.91 Å². The zero-order valence-electron chi connectivity index (χ0n) is 19.4. The zero-order chi connectivity index (χ0) is 25.7. The molecule has 36 heavy (non-hydrogen) atoms. The Hall–Kier alpha value is -4.42. The molecular formula is C27H22N4O4S. The van der Waals surface area contributed by atoms with Crippen molar-refractivity contribution >= 4 is 35.0 Å². The van der Waals surface area contributed by atoms with E-state index in [1.54, 1.807) is 24.3 Å². The molecule has 8 nitrogen and oxygen atoms in total. The normalized spacial score (nSPS) is 16.4. The van der Waals surface area contributed by atoms with Crippen molar-refractivity contribution in [3.05, 3.63) is 116 Å². The van der Waals surface area contributed by atoms with Crippen molar-refractivity contribution < 1.29 is 14.5 Å². The van der Waals surface area contributed by atoms with E-state index >= 15 is 0 Å². The maximum absolute atomic E-state index is 13.5. The first-order valence-electron chi connectivity index (χ1n) is 11.1. The molecule has 180 valence electrons. The molecule has 1 fully saturated rings. The van der Waals surface area contributed by atoms with Gasteiger partial charge in [-0.05, 0) is 36.6 Å². The van der Waals surface area contributed by atoms with Crippen LogP contribution in [0.25, 0.3) is 0 Å². The summed E-state index contributed by atoms with van der Waals surface area (Å²) in [5, 5.41) is 23.4. The number of nitrogens with one attached hydrogen (secondary N) is 1. The summed E-state index contributed by atoms with van der Waals surface area (Å²) in [6.45, 7) is 2.16. The Kier molecular flexibility index (Phi) is 7.47. The number of anilines is 1. The average molecular weight is 499 g/mol. The standard InChI is InChI=1S/C27H22N4O4S/c1-18-10-12-21(13-11-18)30-26(33)24(15-20-8-5-9-22(14-20)31(34)35)36-27(30)23(16-28)25(32)29-17-19-6-3-2-4-7-19/h2-14,24H,15,17H2,1H3,(H,29,32)/b27-23-/t24-/m0/s1. The van der Waals surface area contributed by atoms with E-state index in [4.69, 9.17) is 0 Å². The maximum Gasteiger partial charge on any atom is 0.269 e. The minimum Gasteiger partial charge on any atom is -0.347 e. The number of amides is 2. The summed E-state index contributed by atoms with van der Waals surface area (Å²) in [4.78, 5) is 38.7. The van der Waals surface area contributed by atoms with Crippen molar-refractivity contribution in [3.63, 3.8) is 0 Å². The summed E-state index contributed by atoms with van der Waals surface area (Å²) in [5.74, 6) is -0.876. The lowest BCUT2D eigenvalue weighted by Gasteiger charge is -2.19. The average Bonchev–Trinajstić information content (AvgIpc) is 3.19. The van der Waals surface area contributed by atoms with E-state index in [2.05, 4.69) is 5.32 Å². The number of hydrogen-bond acceptors (Lipinski definition) is 6. The molecule has 0 aromatic heterocycles. The summed E-state index contributed by atoms with van der Waals surface area (Å²) in [7, 11) is 0.